The zero-order chi connectivity index (χ0) is 17.5. The Labute approximate surface area is 140 Å². The van der Waals surface area contributed by atoms with Crippen molar-refractivity contribution in [1.82, 2.24) is 4.90 Å². The average Bonchev–Trinajstić information content (AvgIpc) is 2.75. The number of piperidine rings is 1. The maximum absolute atomic E-state index is 11.8. The molecule has 1 saturated carbocycles. The molecule has 2 unspecified atom stereocenters. The highest BCUT2D eigenvalue weighted by molar-refractivity contribution is 6.74. The second kappa shape index (κ2) is 6.20. The van der Waals surface area contributed by atoms with Gasteiger partial charge in [-0.05, 0) is 49.2 Å². The minimum absolute atomic E-state index is 0.00442. The molecule has 0 aromatic carbocycles. The summed E-state index contributed by atoms with van der Waals surface area (Å²) >= 11 is 0. The summed E-state index contributed by atoms with van der Waals surface area (Å²) < 4.78 is 6.55. The number of carboxylic acid groups (broad SMARTS) is 1. The number of carbonyl (C=O) groups excluding carboxylic acids is 1. The Bertz CT molecular complexity index is 464. The average molecular weight is 342 g/mol. The van der Waals surface area contributed by atoms with E-state index >= 15 is 0 Å². The Morgan fingerprint density at radius 1 is 1.26 bits per heavy atom. The van der Waals surface area contributed by atoms with Crippen LogP contribution in [-0.4, -0.2) is 49.9 Å². The van der Waals surface area contributed by atoms with Crippen LogP contribution in [0.15, 0.2) is 0 Å². The van der Waals surface area contributed by atoms with Gasteiger partial charge in [-0.1, -0.05) is 20.8 Å². The molecule has 1 amide bonds. The molecule has 2 aliphatic rings. The van der Waals surface area contributed by atoms with E-state index in [1.165, 1.54) is 4.90 Å². The molecule has 1 heterocycles. The lowest BCUT2D eigenvalue weighted by Gasteiger charge is -2.43. The molecule has 23 heavy (non-hydrogen) atoms. The zero-order valence-electron chi connectivity index (χ0n) is 15.1. The van der Waals surface area contributed by atoms with Crippen LogP contribution in [0.25, 0.3) is 0 Å². The Morgan fingerprint density at radius 3 is 2.26 bits per heavy atom. The number of carbonyl (C=O) groups is 2. The fourth-order valence-electron chi connectivity index (χ4n) is 3.82. The van der Waals surface area contributed by atoms with Crippen molar-refractivity contribution in [2.24, 2.45) is 11.3 Å². The van der Waals surface area contributed by atoms with Crippen molar-refractivity contribution in [3.63, 3.8) is 0 Å². The number of rotatable bonds is 3. The predicted octanol–water partition coefficient (Wildman–Crippen LogP) is 3.75. The summed E-state index contributed by atoms with van der Waals surface area (Å²) in [6.07, 6.45) is 3.69. The predicted molar refractivity (Wildman–Crippen MR) is 92.1 cm³/mol. The second-order valence-corrected chi connectivity index (χ2v) is 13.5. The minimum atomic E-state index is -1.90. The molecule has 0 bridgehead atoms. The van der Waals surface area contributed by atoms with Crippen LogP contribution >= 0.6 is 0 Å². The standard InChI is InChI=1S/C17H31NO4Si/c1-16(2,3)23(4,5)22-14-6-7-17(13(14)12-19)8-10-18(11-9-17)15(20)21/h12-14H,6-11H2,1-5H3,(H,20,21). The van der Waals surface area contributed by atoms with E-state index in [0.29, 0.717) is 13.1 Å². The van der Waals surface area contributed by atoms with Crippen LogP contribution in [0, 0.1) is 11.3 Å². The van der Waals surface area contributed by atoms with Crippen LogP contribution in [0.5, 0.6) is 0 Å². The van der Waals surface area contributed by atoms with Gasteiger partial charge in [0.2, 0.25) is 0 Å². The van der Waals surface area contributed by atoms with Crippen molar-refractivity contribution in [3.8, 4) is 0 Å². The monoisotopic (exact) mass is 341 g/mol. The normalized spacial score (nSPS) is 28.1. The number of amides is 1. The lowest BCUT2D eigenvalue weighted by Crippen LogP contribution is -2.49. The molecular weight excluding hydrogens is 310 g/mol. The third-order valence-corrected chi connectivity index (χ3v) is 11.0. The first-order chi connectivity index (χ1) is 10.5. The molecular formula is C17H31NO4Si. The van der Waals surface area contributed by atoms with E-state index in [9.17, 15) is 9.59 Å². The Kier molecular flexibility index (Phi) is 4.98. The van der Waals surface area contributed by atoms with Gasteiger partial charge in [0.1, 0.15) is 6.29 Å². The molecule has 2 rings (SSSR count). The summed E-state index contributed by atoms with van der Waals surface area (Å²) in [7, 11) is -1.90. The Balaban J connectivity index is 2.10. The van der Waals surface area contributed by atoms with Crippen molar-refractivity contribution in [2.75, 3.05) is 13.1 Å². The topological polar surface area (TPSA) is 66.8 Å². The van der Waals surface area contributed by atoms with Crippen LogP contribution in [0.4, 0.5) is 4.79 Å². The Morgan fingerprint density at radius 2 is 1.83 bits per heavy atom. The fourth-order valence-corrected chi connectivity index (χ4v) is 5.19. The number of hydrogen-bond donors (Lipinski definition) is 1. The van der Waals surface area contributed by atoms with Gasteiger partial charge in [-0.15, -0.1) is 0 Å². The maximum Gasteiger partial charge on any atom is 0.407 e. The van der Waals surface area contributed by atoms with E-state index in [0.717, 1.165) is 32.0 Å². The fraction of sp³-hybridized carbons (Fsp3) is 0.882. The van der Waals surface area contributed by atoms with Gasteiger partial charge in [-0.3, -0.25) is 0 Å². The van der Waals surface area contributed by atoms with Crippen LogP contribution in [0.1, 0.15) is 46.5 Å². The zero-order valence-corrected chi connectivity index (χ0v) is 16.1. The largest absolute Gasteiger partial charge is 0.465 e. The lowest BCUT2D eigenvalue weighted by molar-refractivity contribution is -0.118. The van der Waals surface area contributed by atoms with Crippen molar-refractivity contribution in [3.05, 3.63) is 0 Å². The number of likely N-dealkylation sites (tertiary alicyclic amines) is 1. The van der Waals surface area contributed by atoms with Crippen LogP contribution in [0.2, 0.25) is 18.1 Å². The van der Waals surface area contributed by atoms with Crippen LogP contribution in [0.3, 0.4) is 0 Å². The van der Waals surface area contributed by atoms with E-state index in [1.54, 1.807) is 0 Å². The highest BCUT2D eigenvalue weighted by Gasteiger charge is 2.52. The molecule has 0 aromatic heterocycles. The third-order valence-electron chi connectivity index (χ3n) is 6.46. The van der Waals surface area contributed by atoms with E-state index in [2.05, 4.69) is 33.9 Å². The first kappa shape index (κ1) is 18.5. The van der Waals surface area contributed by atoms with E-state index in [1.807, 2.05) is 0 Å². The smallest absolute Gasteiger partial charge is 0.407 e. The summed E-state index contributed by atoms with van der Waals surface area (Å²) in [6.45, 7) is 12.2. The number of aldehydes is 1. The van der Waals surface area contributed by atoms with Gasteiger partial charge in [0.25, 0.3) is 0 Å². The summed E-state index contributed by atoms with van der Waals surface area (Å²) in [4.78, 5) is 24.4. The van der Waals surface area contributed by atoms with Crippen molar-refractivity contribution >= 4 is 20.7 Å². The summed E-state index contributed by atoms with van der Waals surface area (Å²) in [5, 5.41) is 9.25. The highest BCUT2D eigenvalue weighted by Crippen LogP contribution is 2.52. The van der Waals surface area contributed by atoms with Crippen molar-refractivity contribution in [2.45, 2.75) is 70.7 Å². The van der Waals surface area contributed by atoms with Gasteiger partial charge in [-0.2, -0.15) is 0 Å². The number of nitrogens with zero attached hydrogens (tertiary/aromatic N) is 1. The summed E-state index contributed by atoms with van der Waals surface area (Å²) in [5.41, 5.74) is -0.0548. The first-order valence-electron chi connectivity index (χ1n) is 8.63. The molecule has 0 aromatic rings. The van der Waals surface area contributed by atoms with Gasteiger partial charge in [0.15, 0.2) is 8.32 Å². The molecule has 1 saturated heterocycles. The molecule has 1 aliphatic heterocycles. The molecule has 6 heteroatoms. The van der Waals surface area contributed by atoms with Gasteiger partial charge in [0.05, 0.1) is 6.10 Å². The molecule has 132 valence electrons. The van der Waals surface area contributed by atoms with Gasteiger partial charge in [0, 0.05) is 19.0 Å². The Hall–Kier alpha value is -0.883. The van der Waals surface area contributed by atoms with Crippen LogP contribution in [-0.2, 0) is 9.22 Å². The van der Waals surface area contributed by atoms with Gasteiger partial charge >= 0.3 is 6.09 Å². The van der Waals surface area contributed by atoms with E-state index in [-0.39, 0.29) is 22.5 Å². The van der Waals surface area contributed by atoms with Crippen molar-refractivity contribution in [1.29, 1.82) is 0 Å². The molecule has 2 fully saturated rings. The third kappa shape index (κ3) is 3.48. The quantitative estimate of drug-likeness (QED) is 0.627. The molecule has 1 spiro atoms. The van der Waals surface area contributed by atoms with E-state index in [4.69, 9.17) is 9.53 Å². The van der Waals surface area contributed by atoms with Crippen molar-refractivity contribution < 1.29 is 19.1 Å². The SMILES string of the molecule is CC(C)(C)[Si](C)(C)OC1CCC2(CCN(C(=O)O)CC2)C1C=O. The molecule has 0 radical (unpaired) electrons. The van der Waals surface area contributed by atoms with Gasteiger partial charge < -0.3 is 19.2 Å². The van der Waals surface area contributed by atoms with E-state index < -0.39 is 14.4 Å². The van der Waals surface area contributed by atoms with Crippen LogP contribution < -0.4 is 0 Å². The lowest BCUT2D eigenvalue weighted by atomic mass is 9.71. The molecule has 1 N–H and O–H groups in total. The van der Waals surface area contributed by atoms with Gasteiger partial charge in [-0.25, -0.2) is 4.79 Å². The summed E-state index contributed by atoms with van der Waals surface area (Å²) in [6, 6.07) is 0. The second-order valence-electron chi connectivity index (χ2n) is 8.75. The molecule has 2 atom stereocenters. The first-order valence-corrected chi connectivity index (χ1v) is 11.5. The summed E-state index contributed by atoms with van der Waals surface area (Å²) in [5.74, 6) is -0.0902. The highest BCUT2D eigenvalue weighted by atomic mass is 28.4. The maximum atomic E-state index is 11.8. The minimum Gasteiger partial charge on any atom is -0.465 e. The number of hydrogen-bond acceptors (Lipinski definition) is 3. The molecule has 1 aliphatic carbocycles. The molecule has 5 nitrogen and oxygen atoms in total.